The summed E-state index contributed by atoms with van der Waals surface area (Å²) in [5.41, 5.74) is 1.33. The van der Waals surface area contributed by atoms with Crippen molar-refractivity contribution in [2.45, 2.75) is 74.7 Å². The fraction of sp³-hybridized carbons (Fsp3) is 0.632. The molecule has 5 nitrogen and oxygen atoms in total. The first-order chi connectivity index (χ1) is 12.6. The number of aryl methyl sites for hydroxylation is 2. The summed E-state index contributed by atoms with van der Waals surface area (Å²) in [5.74, 6) is -0.284. The summed E-state index contributed by atoms with van der Waals surface area (Å²) < 4.78 is 6.75. The Bertz CT molecular complexity index is 896. The second-order valence-electron chi connectivity index (χ2n) is 7.18. The number of rotatable bonds is 4. The van der Waals surface area contributed by atoms with Gasteiger partial charge >= 0.3 is 5.97 Å². The first-order valence-electron chi connectivity index (χ1n) is 9.41. The Morgan fingerprint density at radius 1 is 1.27 bits per heavy atom. The molecule has 26 heavy (non-hydrogen) atoms. The molecule has 2 heterocycles. The SMILES string of the molecule is COC(=O)[C@H](C)Sc1nc2sc3c(c2c(=O)n1C1CCCC1)CCCC3. The Kier molecular flexibility index (Phi) is 5.10. The molecule has 0 spiro atoms. The van der Waals surface area contributed by atoms with Crippen molar-refractivity contribution >= 4 is 39.3 Å². The van der Waals surface area contributed by atoms with Gasteiger partial charge in [-0.3, -0.25) is 14.2 Å². The molecule has 4 rings (SSSR count). The fourth-order valence-corrected chi connectivity index (χ4v) is 6.45. The van der Waals surface area contributed by atoms with Gasteiger partial charge in [0.1, 0.15) is 10.1 Å². The van der Waals surface area contributed by atoms with Crippen LogP contribution in [0, 0.1) is 0 Å². The number of carbonyl (C=O) groups excluding carboxylic acids is 1. The quantitative estimate of drug-likeness (QED) is 0.445. The maximum absolute atomic E-state index is 13.5. The van der Waals surface area contributed by atoms with Gasteiger partial charge in [0.05, 0.1) is 12.5 Å². The average molecular weight is 393 g/mol. The van der Waals surface area contributed by atoms with E-state index in [0.29, 0.717) is 5.16 Å². The van der Waals surface area contributed by atoms with E-state index in [1.54, 1.807) is 11.3 Å². The number of thiophene rings is 1. The topological polar surface area (TPSA) is 61.2 Å². The molecule has 2 aliphatic carbocycles. The van der Waals surface area contributed by atoms with Crippen molar-refractivity contribution < 1.29 is 9.53 Å². The Morgan fingerprint density at radius 2 is 2.00 bits per heavy atom. The molecule has 0 amide bonds. The molecule has 2 aromatic heterocycles. The van der Waals surface area contributed by atoms with Crippen LogP contribution in [0.4, 0.5) is 0 Å². The van der Waals surface area contributed by atoms with Gasteiger partial charge in [0.25, 0.3) is 5.56 Å². The number of hydrogen-bond acceptors (Lipinski definition) is 6. The predicted octanol–water partition coefficient (Wildman–Crippen LogP) is 4.11. The average Bonchev–Trinajstić information content (AvgIpc) is 3.28. The van der Waals surface area contributed by atoms with Gasteiger partial charge < -0.3 is 4.74 Å². The van der Waals surface area contributed by atoms with Crippen LogP contribution in [-0.4, -0.2) is 27.9 Å². The van der Waals surface area contributed by atoms with Gasteiger partial charge in [-0.2, -0.15) is 0 Å². The van der Waals surface area contributed by atoms with Crippen molar-refractivity contribution in [3.63, 3.8) is 0 Å². The molecule has 2 aliphatic rings. The van der Waals surface area contributed by atoms with Crippen LogP contribution in [0.25, 0.3) is 10.2 Å². The number of aromatic nitrogens is 2. The third-order valence-corrected chi connectivity index (χ3v) is 7.72. The highest BCUT2D eigenvalue weighted by molar-refractivity contribution is 8.00. The van der Waals surface area contributed by atoms with Gasteiger partial charge in [-0.05, 0) is 51.0 Å². The van der Waals surface area contributed by atoms with Gasteiger partial charge in [-0.15, -0.1) is 11.3 Å². The highest BCUT2D eigenvalue weighted by Crippen LogP contribution is 2.38. The van der Waals surface area contributed by atoms with E-state index in [1.807, 2.05) is 11.5 Å². The third kappa shape index (κ3) is 3.09. The van der Waals surface area contributed by atoms with Crippen LogP contribution in [0.1, 0.15) is 61.9 Å². The molecule has 140 valence electrons. The van der Waals surface area contributed by atoms with Gasteiger partial charge in [-0.25, -0.2) is 4.98 Å². The summed E-state index contributed by atoms with van der Waals surface area (Å²) in [4.78, 5) is 32.4. The fourth-order valence-electron chi connectivity index (χ4n) is 4.14. The lowest BCUT2D eigenvalue weighted by Crippen LogP contribution is -2.28. The standard InChI is InChI=1S/C19H24N2O3S2/c1-11(18(23)24-2)25-19-20-16-15(13-9-5-6-10-14(13)26-16)17(22)21(19)12-7-3-4-8-12/h11-12H,3-10H2,1-2H3/t11-/m0/s1. The molecule has 0 bridgehead atoms. The molecule has 0 saturated heterocycles. The van der Waals surface area contributed by atoms with Crippen molar-refractivity contribution in [1.82, 2.24) is 9.55 Å². The van der Waals surface area contributed by atoms with Crippen LogP contribution in [0.5, 0.6) is 0 Å². The van der Waals surface area contributed by atoms with Crippen LogP contribution >= 0.6 is 23.1 Å². The van der Waals surface area contributed by atoms with E-state index in [-0.39, 0.29) is 22.8 Å². The smallest absolute Gasteiger partial charge is 0.318 e. The van der Waals surface area contributed by atoms with Gasteiger partial charge in [0.15, 0.2) is 5.16 Å². The highest BCUT2D eigenvalue weighted by Gasteiger charge is 2.28. The van der Waals surface area contributed by atoms with E-state index in [0.717, 1.165) is 55.2 Å². The third-order valence-electron chi connectivity index (χ3n) is 5.49. The summed E-state index contributed by atoms with van der Waals surface area (Å²) in [5, 5.41) is 1.13. The zero-order valence-corrected chi connectivity index (χ0v) is 16.9. The summed E-state index contributed by atoms with van der Waals surface area (Å²) >= 11 is 3.02. The molecule has 0 radical (unpaired) electrons. The van der Waals surface area contributed by atoms with Crippen molar-refractivity contribution in [2.24, 2.45) is 0 Å². The van der Waals surface area contributed by atoms with Crippen LogP contribution in [0.2, 0.25) is 0 Å². The summed E-state index contributed by atoms with van der Waals surface area (Å²) in [6, 6.07) is 0.200. The van der Waals surface area contributed by atoms with Crippen molar-refractivity contribution in [2.75, 3.05) is 7.11 Å². The van der Waals surface area contributed by atoms with E-state index in [4.69, 9.17) is 9.72 Å². The van der Waals surface area contributed by atoms with Crippen molar-refractivity contribution in [1.29, 1.82) is 0 Å². The molecular formula is C19H24N2O3S2. The van der Waals surface area contributed by atoms with E-state index in [1.165, 1.54) is 35.7 Å². The first kappa shape index (κ1) is 18.0. The summed E-state index contributed by atoms with van der Waals surface area (Å²) in [6.07, 6.45) is 8.71. The second kappa shape index (κ2) is 7.35. The number of methoxy groups -OCH3 is 1. The Labute approximate surface area is 161 Å². The lowest BCUT2D eigenvalue weighted by Gasteiger charge is -2.19. The lowest BCUT2D eigenvalue weighted by molar-refractivity contribution is -0.139. The van der Waals surface area contributed by atoms with Gasteiger partial charge in [0, 0.05) is 10.9 Å². The zero-order chi connectivity index (χ0) is 18.3. The van der Waals surface area contributed by atoms with Gasteiger partial charge in [-0.1, -0.05) is 24.6 Å². The van der Waals surface area contributed by atoms with Crippen LogP contribution in [0.15, 0.2) is 9.95 Å². The predicted molar refractivity (Wildman–Crippen MR) is 105 cm³/mol. The summed E-state index contributed by atoms with van der Waals surface area (Å²) in [6.45, 7) is 1.81. The first-order valence-corrected chi connectivity index (χ1v) is 11.1. The molecular weight excluding hydrogens is 368 g/mol. The number of nitrogens with zero attached hydrogens (tertiary/aromatic N) is 2. The Hall–Kier alpha value is -1.34. The van der Waals surface area contributed by atoms with E-state index in [2.05, 4.69) is 0 Å². The Balaban J connectivity index is 1.87. The number of thioether (sulfide) groups is 1. The minimum atomic E-state index is -0.383. The van der Waals surface area contributed by atoms with Crippen molar-refractivity contribution in [3.8, 4) is 0 Å². The molecule has 0 aliphatic heterocycles. The van der Waals surface area contributed by atoms with Crippen molar-refractivity contribution in [3.05, 3.63) is 20.8 Å². The van der Waals surface area contributed by atoms with E-state index < -0.39 is 0 Å². The number of ether oxygens (including phenoxy) is 1. The molecule has 7 heteroatoms. The minimum Gasteiger partial charge on any atom is -0.468 e. The van der Waals surface area contributed by atoms with E-state index in [9.17, 15) is 9.59 Å². The maximum Gasteiger partial charge on any atom is 0.318 e. The van der Waals surface area contributed by atoms with Gasteiger partial charge in [0.2, 0.25) is 0 Å². The highest BCUT2D eigenvalue weighted by atomic mass is 32.2. The zero-order valence-electron chi connectivity index (χ0n) is 15.2. The molecule has 1 atom stereocenters. The summed E-state index contributed by atoms with van der Waals surface area (Å²) in [7, 11) is 1.40. The van der Waals surface area contributed by atoms with Crippen LogP contribution in [0.3, 0.4) is 0 Å². The van der Waals surface area contributed by atoms with Crippen LogP contribution < -0.4 is 5.56 Å². The monoisotopic (exact) mass is 392 g/mol. The van der Waals surface area contributed by atoms with E-state index >= 15 is 0 Å². The molecule has 0 N–H and O–H groups in total. The number of esters is 1. The maximum atomic E-state index is 13.5. The molecule has 2 aromatic rings. The minimum absolute atomic E-state index is 0.0980. The van der Waals surface area contributed by atoms with Crippen LogP contribution in [-0.2, 0) is 22.4 Å². The second-order valence-corrected chi connectivity index (χ2v) is 9.57. The number of hydrogen-bond donors (Lipinski definition) is 0. The molecule has 0 aromatic carbocycles. The molecule has 1 saturated carbocycles. The largest absolute Gasteiger partial charge is 0.468 e. The number of fused-ring (bicyclic) bond motifs is 3. The Morgan fingerprint density at radius 3 is 2.73 bits per heavy atom. The molecule has 0 unspecified atom stereocenters. The normalized spacial score (nSPS) is 18.8. The molecule has 1 fully saturated rings. The lowest BCUT2D eigenvalue weighted by atomic mass is 9.97. The number of carbonyl (C=O) groups is 1.